The zero-order valence-electron chi connectivity index (χ0n) is 11.8. The summed E-state index contributed by atoms with van der Waals surface area (Å²) in [6.07, 6.45) is 4.59. The highest BCUT2D eigenvalue weighted by atomic mass is 32.2. The summed E-state index contributed by atoms with van der Waals surface area (Å²) in [7, 11) is -1.41. The Morgan fingerprint density at radius 2 is 2.20 bits per heavy atom. The maximum Gasteiger partial charge on any atom is 0.257 e. The summed E-state index contributed by atoms with van der Waals surface area (Å²) in [4.78, 5) is 2.30. The van der Waals surface area contributed by atoms with Gasteiger partial charge in [-0.3, -0.25) is 5.10 Å². The van der Waals surface area contributed by atoms with Crippen molar-refractivity contribution in [3.05, 3.63) is 11.8 Å². The highest BCUT2D eigenvalue weighted by Gasteiger charge is 2.21. The van der Waals surface area contributed by atoms with Crippen LogP contribution in [0.25, 0.3) is 0 Å². The molecule has 0 unspecified atom stereocenters. The molecule has 8 heteroatoms. The topological polar surface area (TPSA) is 104 Å². The summed E-state index contributed by atoms with van der Waals surface area (Å²) in [5.41, 5.74) is 6.00. The third-order valence-corrected chi connectivity index (χ3v) is 5.32. The van der Waals surface area contributed by atoms with E-state index in [0.29, 0.717) is 18.0 Å². The minimum absolute atomic E-state index is 0.0865. The predicted molar refractivity (Wildman–Crippen MR) is 76.5 cm³/mol. The molecule has 1 aliphatic rings. The number of rotatable bonds is 6. The number of aromatic amines is 1. The molecule has 0 aliphatic carbocycles. The lowest BCUT2D eigenvalue weighted by Crippen LogP contribution is -2.33. The molecule has 0 aromatic carbocycles. The Bertz CT molecular complexity index is 520. The first-order valence-electron chi connectivity index (χ1n) is 6.93. The van der Waals surface area contributed by atoms with E-state index in [4.69, 9.17) is 5.73 Å². The molecule has 1 aliphatic heterocycles. The Balaban J connectivity index is 1.84. The molecule has 114 valence electrons. The molecule has 1 saturated heterocycles. The van der Waals surface area contributed by atoms with Gasteiger partial charge in [-0.25, -0.2) is 13.1 Å². The van der Waals surface area contributed by atoms with Gasteiger partial charge in [-0.15, -0.1) is 0 Å². The maximum absolute atomic E-state index is 12.1. The van der Waals surface area contributed by atoms with Crippen molar-refractivity contribution in [2.75, 3.05) is 26.7 Å². The second kappa shape index (κ2) is 6.66. The van der Waals surface area contributed by atoms with E-state index in [-0.39, 0.29) is 11.6 Å². The van der Waals surface area contributed by atoms with Crippen LogP contribution in [-0.2, 0) is 16.6 Å². The number of nitrogens with two attached hydrogens (primary N) is 1. The maximum atomic E-state index is 12.1. The van der Waals surface area contributed by atoms with Crippen molar-refractivity contribution in [1.29, 1.82) is 0 Å². The summed E-state index contributed by atoms with van der Waals surface area (Å²) < 4.78 is 26.9. The highest BCUT2D eigenvalue weighted by Crippen LogP contribution is 2.19. The molecule has 0 radical (unpaired) electrons. The average molecular weight is 301 g/mol. The van der Waals surface area contributed by atoms with E-state index in [0.717, 1.165) is 32.4 Å². The van der Waals surface area contributed by atoms with Gasteiger partial charge in [-0.2, -0.15) is 5.10 Å². The molecule has 7 nitrogen and oxygen atoms in total. The number of sulfonamides is 1. The van der Waals surface area contributed by atoms with Crippen LogP contribution in [0.4, 0.5) is 0 Å². The molecule has 1 aromatic heterocycles. The fourth-order valence-corrected chi connectivity index (χ4v) is 3.68. The van der Waals surface area contributed by atoms with Gasteiger partial charge in [-0.1, -0.05) is 0 Å². The number of likely N-dealkylation sites (tertiary alicyclic amines) is 1. The lowest BCUT2D eigenvalue weighted by molar-refractivity contribution is 0.213. The van der Waals surface area contributed by atoms with Crippen molar-refractivity contribution >= 4 is 10.0 Å². The molecule has 0 spiro atoms. The molecule has 1 fully saturated rings. The van der Waals surface area contributed by atoms with Crippen LogP contribution in [0.1, 0.15) is 24.8 Å². The number of aromatic nitrogens is 2. The van der Waals surface area contributed by atoms with Crippen molar-refractivity contribution in [3.8, 4) is 0 Å². The Morgan fingerprint density at radius 1 is 1.50 bits per heavy atom. The number of piperidine rings is 1. The first-order chi connectivity index (χ1) is 9.53. The van der Waals surface area contributed by atoms with E-state index in [9.17, 15) is 8.42 Å². The average Bonchev–Trinajstić information content (AvgIpc) is 2.90. The van der Waals surface area contributed by atoms with Gasteiger partial charge in [-0.05, 0) is 45.3 Å². The minimum atomic E-state index is -3.53. The first kappa shape index (κ1) is 15.4. The van der Waals surface area contributed by atoms with Crippen molar-refractivity contribution < 1.29 is 8.42 Å². The van der Waals surface area contributed by atoms with Gasteiger partial charge in [0.2, 0.25) is 0 Å². The van der Waals surface area contributed by atoms with Gasteiger partial charge in [0.1, 0.15) is 0 Å². The van der Waals surface area contributed by atoms with E-state index in [2.05, 4.69) is 26.9 Å². The van der Waals surface area contributed by atoms with Crippen molar-refractivity contribution in [1.82, 2.24) is 19.8 Å². The third kappa shape index (κ3) is 3.78. The second-order valence-electron chi connectivity index (χ2n) is 5.36. The molecule has 0 saturated carbocycles. The normalized spacial score (nSPS) is 18.5. The zero-order valence-corrected chi connectivity index (χ0v) is 12.6. The Labute approximate surface area is 120 Å². The van der Waals surface area contributed by atoms with E-state index in [1.807, 2.05) is 0 Å². The largest absolute Gasteiger partial charge is 0.326 e. The van der Waals surface area contributed by atoms with Gasteiger partial charge in [0.15, 0.2) is 5.03 Å². The second-order valence-corrected chi connectivity index (χ2v) is 7.07. The molecule has 2 heterocycles. The molecule has 2 rings (SSSR count). The number of hydrogen-bond acceptors (Lipinski definition) is 5. The summed E-state index contributed by atoms with van der Waals surface area (Å²) in [6, 6.07) is 0. The van der Waals surface area contributed by atoms with E-state index in [1.54, 1.807) is 0 Å². The van der Waals surface area contributed by atoms with Crippen LogP contribution in [0.5, 0.6) is 0 Å². The fourth-order valence-electron chi connectivity index (χ4n) is 2.50. The van der Waals surface area contributed by atoms with Crippen LogP contribution in [0, 0.1) is 5.92 Å². The van der Waals surface area contributed by atoms with Crippen LogP contribution in [-0.4, -0.2) is 50.2 Å². The fraction of sp³-hybridized carbons (Fsp3) is 0.750. The Morgan fingerprint density at radius 3 is 2.85 bits per heavy atom. The molecule has 4 N–H and O–H groups in total. The number of nitrogens with one attached hydrogen (secondary N) is 2. The smallest absolute Gasteiger partial charge is 0.257 e. The minimum Gasteiger partial charge on any atom is -0.326 e. The molecule has 0 amide bonds. The van der Waals surface area contributed by atoms with Gasteiger partial charge in [0, 0.05) is 18.7 Å². The van der Waals surface area contributed by atoms with Gasteiger partial charge in [0.25, 0.3) is 10.0 Å². The van der Waals surface area contributed by atoms with Gasteiger partial charge >= 0.3 is 0 Å². The van der Waals surface area contributed by atoms with Crippen molar-refractivity contribution in [2.45, 2.75) is 30.8 Å². The summed E-state index contributed by atoms with van der Waals surface area (Å²) in [5, 5.41) is 6.33. The summed E-state index contributed by atoms with van der Waals surface area (Å²) in [6.45, 7) is 2.80. The predicted octanol–water partition coefficient (Wildman–Crippen LogP) is -0.121. The van der Waals surface area contributed by atoms with E-state index >= 15 is 0 Å². The third-order valence-electron chi connectivity index (χ3n) is 3.85. The molecular weight excluding hydrogens is 278 g/mol. The Kier molecular flexibility index (Phi) is 5.14. The van der Waals surface area contributed by atoms with Crippen LogP contribution in [0.3, 0.4) is 0 Å². The van der Waals surface area contributed by atoms with E-state index < -0.39 is 10.0 Å². The highest BCUT2D eigenvalue weighted by molar-refractivity contribution is 7.89. The molecular formula is C12H23N5O2S. The van der Waals surface area contributed by atoms with Crippen LogP contribution in [0.2, 0.25) is 0 Å². The summed E-state index contributed by atoms with van der Waals surface area (Å²) >= 11 is 0. The van der Waals surface area contributed by atoms with Crippen LogP contribution < -0.4 is 10.5 Å². The number of nitrogens with zero attached hydrogens (tertiary/aromatic N) is 2. The summed E-state index contributed by atoms with van der Waals surface area (Å²) in [5.74, 6) is 0.602. The standard InChI is InChI=1S/C12H23N5O2S/c1-17-6-3-10(4-7-17)2-5-15-20(18,19)12-11(8-13)9-14-16-12/h9-10,15H,2-8,13H2,1H3,(H,14,16). The molecule has 1 aromatic rings. The zero-order chi connectivity index (χ0) is 14.6. The van der Waals surface area contributed by atoms with Crippen molar-refractivity contribution in [3.63, 3.8) is 0 Å². The van der Waals surface area contributed by atoms with Gasteiger partial charge < -0.3 is 10.6 Å². The molecule has 0 bridgehead atoms. The van der Waals surface area contributed by atoms with Crippen molar-refractivity contribution in [2.24, 2.45) is 11.7 Å². The van der Waals surface area contributed by atoms with Crippen LogP contribution >= 0.6 is 0 Å². The Hall–Kier alpha value is -0.960. The van der Waals surface area contributed by atoms with E-state index in [1.165, 1.54) is 6.20 Å². The van der Waals surface area contributed by atoms with Gasteiger partial charge in [0.05, 0.1) is 6.20 Å². The number of H-pyrrole nitrogens is 1. The first-order valence-corrected chi connectivity index (χ1v) is 8.41. The monoisotopic (exact) mass is 301 g/mol. The lowest BCUT2D eigenvalue weighted by atomic mass is 9.94. The quantitative estimate of drug-likeness (QED) is 0.679. The van der Waals surface area contributed by atoms with Crippen LogP contribution in [0.15, 0.2) is 11.2 Å². The SMILES string of the molecule is CN1CCC(CCNS(=O)(=O)c2[nH]ncc2CN)CC1. The number of hydrogen-bond donors (Lipinski definition) is 3. The molecule has 20 heavy (non-hydrogen) atoms. The molecule has 0 atom stereocenters. The lowest BCUT2D eigenvalue weighted by Gasteiger charge is -2.28.